The van der Waals surface area contributed by atoms with Crippen molar-refractivity contribution in [3.8, 4) is 6.07 Å². The van der Waals surface area contributed by atoms with Crippen LogP contribution in [-0.4, -0.2) is 54.8 Å². The number of sulfonamides is 1. The van der Waals surface area contributed by atoms with E-state index in [9.17, 15) is 8.42 Å². The van der Waals surface area contributed by atoms with Gasteiger partial charge in [0, 0.05) is 25.3 Å². The number of rotatable bonds is 2. The molecule has 0 aliphatic carbocycles. The number of nitrogens with zero attached hydrogens (tertiary/aromatic N) is 4. The third-order valence-corrected chi connectivity index (χ3v) is 6.16. The molecule has 6 nitrogen and oxygen atoms in total. The molecule has 1 aromatic heterocycles. The van der Waals surface area contributed by atoms with Crippen molar-refractivity contribution in [3.05, 3.63) is 24.0 Å². The third-order valence-electron chi connectivity index (χ3n) is 4.26. The number of nitriles is 1. The van der Waals surface area contributed by atoms with Crippen molar-refractivity contribution >= 4 is 10.0 Å². The summed E-state index contributed by atoms with van der Waals surface area (Å²) in [5.74, 6) is 0. The molecule has 3 rings (SSSR count). The Kier molecular flexibility index (Phi) is 3.93. The van der Waals surface area contributed by atoms with E-state index in [1.807, 2.05) is 6.07 Å². The second-order valence-corrected chi connectivity index (χ2v) is 7.42. The van der Waals surface area contributed by atoms with Crippen LogP contribution in [0.1, 0.15) is 25.0 Å². The summed E-state index contributed by atoms with van der Waals surface area (Å²) in [6.45, 7) is 3.04. The minimum Gasteiger partial charge on any atom is -0.299 e. The average Bonchev–Trinajstić information content (AvgIpc) is 2.83. The normalized spacial score (nSPS) is 24.2. The Morgan fingerprint density at radius 1 is 1.29 bits per heavy atom. The van der Waals surface area contributed by atoms with Crippen LogP contribution in [-0.2, 0) is 10.0 Å². The molecule has 0 radical (unpaired) electrons. The van der Waals surface area contributed by atoms with Gasteiger partial charge in [-0.15, -0.1) is 0 Å². The summed E-state index contributed by atoms with van der Waals surface area (Å²) in [5, 5.41) is 9.08. The SMILES string of the molecule is N#Cc1ncccc1S(=O)(=O)N1CCCN2CCCC2C1. The predicted molar refractivity (Wildman–Crippen MR) is 76.9 cm³/mol. The van der Waals surface area contributed by atoms with E-state index in [2.05, 4.69) is 9.88 Å². The summed E-state index contributed by atoms with van der Waals surface area (Å²) >= 11 is 0. The van der Waals surface area contributed by atoms with Crippen molar-refractivity contribution in [2.24, 2.45) is 0 Å². The number of fused-ring (bicyclic) bond motifs is 1. The summed E-state index contributed by atoms with van der Waals surface area (Å²) < 4.78 is 27.2. The van der Waals surface area contributed by atoms with Gasteiger partial charge in [-0.05, 0) is 44.5 Å². The van der Waals surface area contributed by atoms with Crippen LogP contribution in [0.3, 0.4) is 0 Å². The highest BCUT2D eigenvalue weighted by atomic mass is 32.2. The van der Waals surface area contributed by atoms with Gasteiger partial charge in [0.1, 0.15) is 11.0 Å². The van der Waals surface area contributed by atoms with Gasteiger partial charge >= 0.3 is 0 Å². The Balaban J connectivity index is 1.92. The molecule has 0 spiro atoms. The summed E-state index contributed by atoms with van der Waals surface area (Å²) in [6, 6.07) is 5.22. The van der Waals surface area contributed by atoms with Crippen molar-refractivity contribution < 1.29 is 8.42 Å². The number of hydrogen-bond donors (Lipinski definition) is 0. The van der Waals surface area contributed by atoms with Crippen LogP contribution in [0.4, 0.5) is 0 Å². The molecule has 112 valence electrons. The van der Waals surface area contributed by atoms with Gasteiger partial charge in [-0.25, -0.2) is 13.4 Å². The Labute approximate surface area is 125 Å². The minimum absolute atomic E-state index is 0.0231. The molecule has 0 N–H and O–H groups in total. The van der Waals surface area contributed by atoms with Gasteiger partial charge in [-0.3, -0.25) is 4.90 Å². The first-order valence-electron chi connectivity index (χ1n) is 7.22. The van der Waals surface area contributed by atoms with E-state index in [1.165, 1.54) is 16.6 Å². The molecule has 0 amide bonds. The van der Waals surface area contributed by atoms with Gasteiger partial charge in [-0.1, -0.05) is 0 Å². The van der Waals surface area contributed by atoms with E-state index in [0.717, 1.165) is 32.4 Å². The Bertz CT molecular complexity index is 668. The monoisotopic (exact) mass is 306 g/mol. The maximum atomic E-state index is 12.8. The molecule has 21 heavy (non-hydrogen) atoms. The smallest absolute Gasteiger partial charge is 0.246 e. The van der Waals surface area contributed by atoms with Gasteiger partial charge in [0.15, 0.2) is 5.69 Å². The molecule has 2 saturated heterocycles. The van der Waals surface area contributed by atoms with Crippen LogP contribution in [0.5, 0.6) is 0 Å². The summed E-state index contributed by atoms with van der Waals surface area (Å²) in [5.41, 5.74) is -0.0231. The van der Waals surface area contributed by atoms with Crippen molar-refractivity contribution in [1.29, 1.82) is 5.26 Å². The van der Waals surface area contributed by atoms with Crippen LogP contribution in [0, 0.1) is 11.3 Å². The van der Waals surface area contributed by atoms with Crippen LogP contribution < -0.4 is 0 Å². The lowest BCUT2D eigenvalue weighted by atomic mass is 10.2. The van der Waals surface area contributed by atoms with Crippen LogP contribution in [0.2, 0.25) is 0 Å². The minimum atomic E-state index is -3.65. The van der Waals surface area contributed by atoms with E-state index in [-0.39, 0.29) is 10.6 Å². The molecule has 7 heteroatoms. The number of aromatic nitrogens is 1. The Hall–Kier alpha value is -1.49. The maximum absolute atomic E-state index is 12.8. The molecule has 0 aromatic carbocycles. The van der Waals surface area contributed by atoms with Crippen molar-refractivity contribution in [1.82, 2.24) is 14.2 Å². The molecule has 2 aliphatic heterocycles. The summed E-state index contributed by atoms with van der Waals surface area (Å²) in [4.78, 5) is 6.28. The van der Waals surface area contributed by atoms with E-state index in [4.69, 9.17) is 5.26 Å². The molecule has 3 heterocycles. The van der Waals surface area contributed by atoms with Crippen LogP contribution in [0.15, 0.2) is 23.2 Å². The van der Waals surface area contributed by atoms with Gasteiger partial charge in [0.05, 0.1) is 0 Å². The Morgan fingerprint density at radius 3 is 2.90 bits per heavy atom. The van der Waals surface area contributed by atoms with Gasteiger partial charge in [0.2, 0.25) is 10.0 Å². The average molecular weight is 306 g/mol. The highest BCUT2D eigenvalue weighted by molar-refractivity contribution is 7.89. The van der Waals surface area contributed by atoms with Crippen molar-refractivity contribution in [3.63, 3.8) is 0 Å². The zero-order chi connectivity index (χ0) is 14.9. The van der Waals surface area contributed by atoms with Gasteiger partial charge < -0.3 is 0 Å². The predicted octanol–water partition coefficient (Wildman–Crippen LogP) is 0.812. The molecule has 2 fully saturated rings. The maximum Gasteiger partial charge on any atom is 0.246 e. The molecule has 1 unspecified atom stereocenters. The number of pyridine rings is 1. The lowest BCUT2D eigenvalue weighted by molar-refractivity contribution is 0.257. The largest absolute Gasteiger partial charge is 0.299 e. The van der Waals surface area contributed by atoms with E-state index >= 15 is 0 Å². The topological polar surface area (TPSA) is 77.3 Å². The number of hydrogen-bond acceptors (Lipinski definition) is 5. The second kappa shape index (κ2) is 5.72. The zero-order valence-electron chi connectivity index (χ0n) is 11.8. The van der Waals surface area contributed by atoms with Crippen molar-refractivity contribution in [2.45, 2.75) is 30.2 Å². The fourth-order valence-corrected chi connectivity index (χ4v) is 4.82. The zero-order valence-corrected chi connectivity index (χ0v) is 12.6. The first-order valence-corrected chi connectivity index (χ1v) is 8.66. The molecule has 0 bridgehead atoms. The molecule has 0 saturated carbocycles. The summed E-state index contributed by atoms with van der Waals surface area (Å²) in [6.07, 6.45) is 4.45. The molecular weight excluding hydrogens is 288 g/mol. The molecule has 1 aromatic rings. The first-order chi connectivity index (χ1) is 10.1. The third kappa shape index (κ3) is 2.67. The quantitative estimate of drug-likeness (QED) is 0.808. The van der Waals surface area contributed by atoms with Gasteiger partial charge in [-0.2, -0.15) is 9.57 Å². The van der Waals surface area contributed by atoms with E-state index in [0.29, 0.717) is 19.1 Å². The molecule has 1 atom stereocenters. The first kappa shape index (κ1) is 14.4. The van der Waals surface area contributed by atoms with Crippen molar-refractivity contribution in [2.75, 3.05) is 26.2 Å². The highest BCUT2D eigenvalue weighted by Gasteiger charge is 2.35. The van der Waals surface area contributed by atoms with Crippen LogP contribution >= 0.6 is 0 Å². The van der Waals surface area contributed by atoms with E-state index < -0.39 is 10.0 Å². The fourth-order valence-electron chi connectivity index (χ4n) is 3.21. The molecular formula is C14H18N4O2S. The lowest BCUT2D eigenvalue weighted by Crippen LogP contribution is -2.39. The Morgan fingerprint density at radius 2 is 2.10 bits per heavy atom. The van der Waals surface area contributed by atoms with Crippen LogP contribution in [0.25, 0.3) is 0 Å². The fraction of sp³-hybridized carbons (Fsp3) is 0.571. The highest BCUT2D eigenvalue weighted by Crippen LogP contribution is 2.26. The van der Waals surface area contributed by atoms with E-state index in [1.54, 1.807) is 6.07 Å². The molecule has 2 aliphatic rings. The summed E-state index contributed by atoms with van der Waals surface area (Å²) in [7, 11) is -3.65. The van der Waals surface area contributed by atoms with Gasteiger partial charge in [0.25, 0.3) is 0 Å². The standard InChI is InChI=1S/C14H18N4O2S/c15-10-13-14(5-1-6-16-13)21(19,20)18-9-3-8-17-7-2-4-12(17)11-18/h1,5-6,12H,2-4,7-9,11H2. The lowest BCUT2D eigenvalue weighted by Gasteiger charge is -2.25. The second-order valence-electron chi connectivity index (χ2n) is 5.51.